The maximum atomic E-state index is 13.2. The van der Waals surface area contributed by atoms with Crippen molar-refractivity contribution >= 4 is 17.2 Å². The number of benzene rings is 1. The Kier molecular flexibility index (Phi) is 6.37. The molecule has 1 saturated heterocycles. The Labute approximate surface area is 193 Å². The van der Waals surface area contributed by atoms with Gasteiger partial charge in [0.05, 0.1) is 5.69 Å². The Morgan fingerprint density at radius 3 is 2.81 bits per heavy atom. The van der Waals surface area contributed by atoms with Gasteiger partial charge in [-0.05, 0) is 38.5 Å². The van der Waals surface area contributed by atoms with E-state index in [1.165, 1.54) is 11.3 Å². The summed E-state index contributed by atoms with van der Waals surface area (Å²) in [6.45, 7) is 5.54. The van der Waals surface area contributed by atoms with Crippen molar-refractivity contribution in [3.63, 3.8) is 0 Å². The SMILES string of the molecule is CCCn1nc(C(=O)N2CCCC2)c2c1CCC(NCc1nc(-c3ccccc3)cs1)C2. The van der Waals surface area contributed by atoms with Gasteiger partial charge in [0.1, 0.15) is 5.01 Å². The van der Waals surface area contributed by atoms with Crippen LogP contribution in [0.1, 0.15) is 59.4 Å². The van der Waals surface area contributed by atoms with Crippen molar-refractivity contribution in [2.24, 2.45) is 0 Å². The molecule has 3 heterocycles. The quantitative estimate of drug-likeness (QED) is 0.584. The second-order valence-electron chi connectivity index (χ2n) is 8.81. The highest BCUT2D eigenvalue weighted by Crippen LogP contribution is 2.28. The summed E-state index contributed by atoms with van der Waals surface area (Å²) in [5.74, 6) is 0.127. The van der Waals surface area contributed by atoms with Crippen LogP contribution in [-0.4, -0.2) is 44.7 Å². The molecular weight excluding hydrogens is 418 g/mol. The molecule has 0 radical (unpaired) electrons. The molecule has 32 heavy (non-hydrogen) atoms. The lowest BCUT2D eigenvalue weighted by Gasteiger charge is -2.24. The minimum atomic E-state index is 0.127. The number of thiazole rings is 1. The van der Waals surface area contributed by atoms with Crippen LogP contribution >= 0.6 is 11.3 Å². The van der Waals surface area contributed by atoms with Crippen LogP contribution in [0.2, 0.25) is 0 Å². The van der Waals surface area contributed by atoms with Crippen LogP contribution in [0.5, 0.6) is 0 Å². The molecule has 168 valence electrons. The molecule has 3 aromatic rings. The van der Waals surface area contributed by atoms with Gasteiger partial charge < -0.3 is 10.2 Å². The second kappa shape index (κ2) is 9.55. The maximum Gasteiger partial charge on any atom is 0.274 e. The van der Waals surface area contributed by atoms with E-state index in [0.29, 0.717) is 11.7 Å². The van der Waals surface area contributed by atoms with Gasteiger partial charge in [-0.1, -0.05) is 37.3 Å². The van der Waals surface area contributed by atoms with Crippen LogP contribution in [0.4, 0.5) is 0 Å². The van der Waals surface area contributed by atoms with E-state index in [4.69, 9.17) is 10.1 Å². The van der Waals surface area contributed by atoms with Gasteiger partial charge in [0.2, 0.25) is 0 Å². The van der Waals surface area contributed by atoms with Gasteiger partial charge in [0.25, 0.3) is 5.91 Å². The highest BCUT2D eigenvalue weighted by Gasteiger charge is 2.31. The Bertz CT molecular complexity index is 1070. The topological polar surface area (TPSA) is 63.1 Å². The van der Waals surface area contributed by atoms with E-state index in [9.17, 15) is 4.79 Å². The summed E-state index contributed by atoms with van der Waals surface area (Å²) in [5.41, 5.74) is 5.34. The molecular formula is C25H31N5OS. The smallest absolute Gasteiger partial charge is 0.274 e. The van der Waals surface area contributed by atoms with E-state index in [0.717, 1.165) is 81.0 Å². The minimum Gasteiger partial charge on any atom is -0.337 e. The summed E-state index contributed by atoms with van der Waals surface area (Å²) in [6, 6.07) is 10.7. The first-order chi connectivity index (χ1) is 15.7. The van der Waals surface area contributed by atoms with Crippen molar-refractivity contribution in [2.75, 3.05) is 13.1 Å². The molecule has 5 rings (SSSR count). The molecule has 1 atom stereocenters. The maximum absolute atomic E-state index is 13.2. The predicted molar refractivity (Wildman–Crippen MR) is 128 cm³/mol. The largest absolute Gasteiger partial charge is 0.337 e. The predicted octanol–water partition coefficient (Wildman–Crippen LogP) is 4.30. The number of aromatic nitrogens is 3. The number of carbonyl (C=O) groups excluding carboxylic acids is 1. The summed E-state index contributed by atoms with van der Waals surface area (Å²) < 4.78 is 2.10. The Morgan fingerprint density at radius 2 is 2.03 bits per heavy atom. The van der Waals surface area contributed by atoms with E-state index in [-0.39, 0.29) is 5.91 Å². The zero-order valence-electron chi connectivity index (χ0n) is 18.7. The number of hydrogen-bond donors (Lipinski definition) is 1. The molecule has 7 heteroatoms. The molecule has 0 spiro atoms. The highest BCUT2D eigenvalue weighted by molar-refractivity contribution is 7.09. The lowest BCUT2D eigenvalue weighted by Crippen LogP contribution is -2.35. The first kappa shape index (κ1) is 21.3. The lowest BCUT2D eigenvalue weighted by molar-refractivity contribution is 0.0784. The Hall–Kier alpha value is -2.51. The molecule has 2 aliphatic rings. The third-order valence-corrected chi connectivity index (χ3v) is 7.39. The summed E-state index contributed by atoms with van der Waals surface area (Å²) in [6.07, 6.45) is 6.14. The zero-order chi connectivity index (χ0) is 21.9. The molecule has 0 bridgehead atoms. The normalized spacial score (nSPS) is 18.2. The van der Waals surface area contributed by atoms with Crippen molar-refractivity contribution in [3.8, 4) is 11.3 Å². The average molecular weight is 450 g/mol. The number of hydrogen-bond acceptors (Lipinski definition) is 5. The van der Waals surface area contributed by atoms with Crippen LogP contribution in [0.3, 0.4) is 0 Å². The van der Waals surface area contributed by atoms with Crippen molar-refractivity contribution in [3.05, 3.63) is 57.7 Å². The van der Waals surface area contributed by atoms with Crippen molar-refractivity contribution < 1.29 is 4.79 Å². The van der Waals surface area contributed by atoms with Crippen LogP contribution in [0.15, 0.2) is 35.7 Å². The summed E-state index contributed by atoms with van der Waals surface area (Å²) in [4.78, 5) is 20.0. The summed E-state index contributed by atoms with van der Waals surface area (Å²) in [5, 5.41) is 11.7. The number of rotatable bonds is 7. The molecule has 1 N–H and O–H groups in total. The molecule has 0 saturated carbocycles. The fourth-order valence-corrected chi connectivity index (χ4v) is 5.62. The van der Waals surface area contributed by atoms with E-state index >= 15 is 0 Å². The number of aryl methyl sites for hydroxylation is 1. The van der Waals surface area contributed by atoms with E-state index in [1.54, 1.807) is 11.3 Å². The standard InChI is InChI=1S/C25H31N5OS/c1-2-12-30-22-11-10-19(15-20(22)24(28-30)25(31)29-13-6-7-14-29)26-16-23-27-21(17-32-23)18-8-4-3-5-9-18/h3-5,8-9,17,19,26H,2,6-7,10-16H2,1H3. The average Bonchev–Trinajstić information content (AvgIpc) is 3.58. The lowest BCUT2D eigenvalue weighted by atomic mass is 9.91. The van der Waals surface area contributed by atoms with Crippen molar-refractivity contribution in [1.29, 1.82) is 0 Å². The van der Waals surface area contributed by atoms with Gasteiger partial charge in [0.15, 0.2) is 5.69 Å². The molecule has 2 aromatic heterocycles. The Balaban J connectivity index is 1.28. The number of fused-ring (bicyclic) bond motifs is 1. The summed E-state index contributed by atoms with van der Waals surface area (Å²) >= 11 is 1.70. The molecule has 1 aromatic carbocycles. The third kappa shape index (κ3) is 4.36. The van der Waals surface area contributed by atoms with E-state index in [2.05, 4.69) is 34.4 Å². The van der Waals surface area contributed by atoms with Gasteiger partial charge in [0, 0.05) is 54.4 Å². The van der Waals surface area contributed by atoms with Gasteiger partial charge in [-0.3, -0.25) is 9.48 Å². The first-order valence-corrected chi connectivity index (χ1v) is 12.7. The first-order valence-electron chi connectivity index (χ1n) is 11.8. The fourth-order valence-electron chi connectivity index (χ4n) is 4.87. The van der Waals surface area contributed by atoms with E-state index in [1.807, 2.05) is 23.1 Å². The van der Waals surface area contributed by atoms with Gasteiger partial charge in [-0.25, -0.2) is 4.98 Å². The molecule has 1 amide bonds. The van der Waals surface area contributed by atoms with Crippen LogP contribution in [0.25, 0.3) is 11.3 Å². The number of likely N-dealkylation sites (tertiary alicyclic amines) is 1. The molecule has 1 unspecified atom stereocenters. The number of carbonyl (C=O) groups is 1. The molecule has 1 fully saturated rings. The van der Waals surface area contributed by atoms with Gasteiger partial charge in [-0.2, -0.15) is 5.10 Å². The van der Waals surface area contributed by atoms with Crippen molar-refractivity contribution in [1.82, 2.24) is 25.0 Å². The number of nitrogens with zero attached hydrogens (tertiary/aromatic N) is 4. The van der Waals surface area contributed by atoms with Crippen molar-refractivity contribution in [2.45, 2.75) is 64.6 Å². The molecule has 1 aliphatic heterocycles. The Morgan fingerprint density at radius 1 is 1.22 bits per heavy atom. The highest BCUT2D eigenvalue weighted by atomic mass is 32.1. The minimum absolute atomic E-state index is 0.127. The van der Waals surface area contributed by atoms with E-state index < -0.39 is 0 Å². The van der Waals surface area contributed by atoms with Crippen LogP contribution in [0, 0.1) is 0 Å². The van der Waals surface area contributed by atoms with Gasteiger partial charge in [-0.15, -0.1) is 11.3 Å². The zero-order valence-corrected chi connectivity index (χ0v) is 19.5. The second-order valence-corrected chi connectivity index (χ2v) is 9.75. The number of nitrogens with one attached hydrogen (secondary N) is 1. The fraction of sp³-hybridized carbons (Fsp3) is 0.480. The monoisotopic (exact) mass is 449 g/mol. The van der Waals surface area contributed by atoms with Gasteiger partial charge >= 0.3 is 0 Å². The third-order valence-electron chi connectivity index (χ3n) is 6.54. The molecule has 1 aliphatic carbocycles. The molecule has 6 nitrogen and oxygen atoms in total. The van der Waals surface area contributed by atoms with Crippen LogP contribution in [-0.2, 0) is 25.9 Å². The number of amides is 1. The summed E-state index contributed by atoms with van der Waals surface area (Å²) in [7, 11) is 0. The van der Waals surface area contributed by atoms with Crippen LogP contribution < -0.4 is 5.32 Å².